The Morgan fingerprint density at radius 1 is 1.28 bits per heavy atom. The fourth-order valence-electron chi connectivity index (χ4n) is 1.59. The Labute approximate surface area is 132 Å². The Hall–Kier alpha value is 0.570. The normalized spacial score (nSPS) is 17.8. The predicted octanol–water partition coefficient (Wildman–Crippen LogP) is 3.73. The van der Waals surface area contributed by atoms with Crippen molar-refractivity contribution in [1.29, 1.82) is 0 Å². The minimum Gasteiger partial charge on any atom is -0.207 e. The lowest BCUT2D eigenvalue weighted by molar-refractivity contribution is 0.560. The van der Waals surface area contributed by atoms with E-state index in [2.05, 4.69) is 52.5 Å². The van der Waals surface area contributed by atoms with Gasteiger partial charge in [0, 0.05) is 19.8 Å². The van der Waals surface area contributed by atoms with E-state index in [0.717, 1.165) is 22.9 Å². The fourth-order valence-corrected chi connectivity index (χ4v) is 5.61. The molecule has 0 aromatic heterocycles. The van der Waals surface area contributed by atoms with Crippen LogP contribution in [-0.2, 0) is 10.0 Å². The highest BCUT2D eigenvalue weighted by molar-refractivity contribution is 9.11. The second kappa shape index (κ2) is 5.16. The maximum atomic E-state index is 12.3. The van der Waals surface area contributed by atoms with Crippen LogP contribution < -0.4 is 4.72 Å². The third-order valence-corrected chi connectivity index (χ3v) is 7.43. The SMILES string of the molecule is Cc1cc(Br)c(S(=O)(=O)NC2(CBr)CC2)cc1Br. The summed E-state index contributed by atoms with van der Waals surface area (Å²) in [5.41, 5.74) is 0.692. The molecule has 2 rings (SSSR count). The Morgan fingerprint density at radius 2 is 1.89 bits per heavy atom. The Balaban J connectivity index is 2.39. The van der Waals surface area contributed by atoms with Crippen LogP contribution in [0.15, 0.2) is 26.0 Å². The lowest BCUT2D eigenvalue weighted by Gasteiger charge is -2.16. The number of halogens is 3. The summed E-state index contributed by atoms with van der Waals surface area (Å²) in [4.78, 5) is 0.271. The first-order valence-electron chi connectivity index (χ1n) is 5.35. The zero-order valence-electron chi connectivity index (χ0n) is 9.63. The highest BCUT2D eigenvalue weighted by Gasteiger charge is 2.45. The zero-order valence-corrected chi connectivity index (χ0v) is 15.2. The number of hydrogen-bond donors (Lipinski definition) is 1. The molecule has 1 fully saturated rings. The second-order valence-corrected chi connectivity index (χ2v) is 8.47. The lowest BCUT2D eigenvalue weighted by Crippen LogP contribution is -2.38. The molecule has 0 aliphatic heterocycles. The summed E-state index contributed by atoms with van der Waals surface area (Å²) in [6.07, 6.45) is 1.75. The average molecular weight is 462 g/mol. The molecular weight excluding hydrogens is 450 g/mol. The maximum absolute atomic E-state index is 12.3. The highest BCUT2D eigenvalue weighted by Crippen LogP contribution is 2.39. The van der Waals surface area contributed by atoms with E-state index in [9.17, 15) is 8.42 Å². The van der Waals surface area contributed by atoms with E-state index in [-0.39, 0.29) is 10.4 Å². The number of alkyl halides is 1. The minimum absolute atomic E-state index is 0.271. The molecule has 1 saturated carbocycles. The molecule has 0 amide bonds. The largest absolute Gasteiger partial charge is 0.242 e. The van der Waals surface area contributed by atoms with Crippen molar-refractivity contribution < 1.29 is 8.42 Å². The molecule has 18 heavy (non-hydrogen) atoms. The van der Waals surface area contributed by atoms with Gasteiger partial charge in [-0.15, -0.1) is 0 Å². The van der Waals surface area contributed by atoms with E-state index in [4.69, 9.17) is 0 Å². The van der Waals surface area contributed by atoms with Gasteiger partial charge in [-0.25, -0.2) is 13.1 Å². The zero-order chi connectivity index (χ0) is 13.6. The Bertz CT molecular complexity index is 582. The molecule has 100 valence electrons. The number of rotatable bonds is 4. The highest BCUT2D eigenvalue weighted by atomic mass is 79.9. The van der Waals surface area contributed by atoms with Crippen molar-refractivity contribution in [3.63, 3.8) is 0 Å². The summed E-state index contributed by atoms with van der Waals surface area (Å²) >= 11 is 10.0. The molecule has 0 saturated heterocycles. The quantitative estimate of drug-likeness (QED) is 0.694. The number of benzene rings is 1. The van der Waals surface area contributed by atoms with Crippen molar-refractivity contribution in [2.24, 2.45) is 0 Å². The van der Waals surface area contributed by atoms with Crippen LogP contribution in [0.1, 0.15) is 18.4 Å². The first-order chi connectivity index (χ1) is 8.30. The van der Waals surface area contributed by atoms with Gasteiger partial charge in [-0.05, 0) is 53.4 Å². The molecule has 0 unspecified atom stereocenters. The summed E-state index contributed by atoms with van der Waals surface area (Å²) in [6.45, 7) is 1.92. The van der Waals surface area contributed by atoms with Crippen molar-refractivity contribution in [3.05, 3.63) is 26.6 Å². The lowest BCUT2D eigenvalue weighted by atomic mass is 10.2. The van der Waals surface area contributed by atoms with Crippen LogP contribution in [0.5, 0.6) is 0 Å². The summed E-state index contributed by atoms with van der Waals surface area (Å²) in [6, 6.07) is 3.43. The Kier molecular flexibility index (Phi) is 4.29. The molecule has 0 heterocycles. The van der Waals surface area contributed by atoms with Crippen LogP contribution in [0.3, 0.4) is 0 Å². The van der Waals surface area contributed by atoms with Crippen molar-refractivity contribution in [2.45, 2.75) is 30.2 Å². The molecule has 0 bridgehead atoms. The molecule has 0 radical (unpaired) electrons. The van der Waals surface area contributed by atoms with Gasteiger partial charge in [0.15, 0.2) is 0 Å². The van der Waals surface area contributed by atoms with Gasteiger partial charge in [0.1, 0.15) is 0 Å². The van der Waals surface area contributed by atoms with Crippen molar-refractivity contribution >= 4 is 57.8 Å². The number of nitrogens with one attached hydrogen (secondary N) is 1. The molecule has 0 atom stereocenters. The van der Waals surface area contributed by atoms with Crippen molar-refractivity contribution in [3.8, 4) is 0 Å². The number of aryl methyl sites for hydroxylation is 1. The van der Waals surface area contributed by atoms with E-state index in [1.165, 1.54) is 0 Å². The van der Waals surface area contributed by atoms with Crippen molar-refractivity contribution in [2.75, 3.05) is 5.33 Å². The van der Waals surface area contributed by atoms with E-state index < -0.39 is 10.0 Å². The van der Waals surface area contributed by atoms with Gasteiger partial charge in [0.05, 0.1) is 4.90 Å². The van der Waals surface area contributed by atoms with Gasteiger partial charge in [0.2, 0.25) is 10.0 Å². The van der Waals surface area contributed by atoms with Crippen LogP contribution in [-0.4, -0.2) is 19.3 Å². The van der Waals surface area contributed by atoms with E-state index in [0.29, 0.717) is 9.80 Å². The molecule has 1 N–H and O–H groups in total. The minimum atomic E-state index is -3.49. The average Bonchev–Trinajstić information content (AvgIpc) is 3.03. The third-order valence-electron chi connectivity index (χ3n) is 2.96. The van der Waals surface area contributed by atoms with Crippen LogP contribution in [0.25, 0.3) is 0 Å². The molecule has 7 heteroatoms. The third kappa shape index (κ3) is 3.00. The van der Waals surface area contributed by atoms with Crippen LogP contribution in [0.4, 0.5) is 0 Å². The van der Waals surface area contributed by atoms with Gasteiger partial charge in [0.25, 0.3) is 0 Å². The Morgan fingerprint density at radius 3 is 2.39 bits per heavy atom. The topological polar surface area (TPSA) is 46.2 Å². The van der Waals surface area contributed by atoms with Crippen molar-refractivity contribution in [1.82, 2.24) is 4.72 Å². The number of hydrogen-bond acceptors (Lipinski definition) is 2. The summed E-state index contributed by atoms with van der Waals surface area (Å²) in [5.74, 6) is 0. The number of sulfonamides is 1. The molecule has 0 spiro atoms. The van der Waals surface area contributed by atoms with E-state index >= 15 is 0 Å². The molecule has 1 aromatic carbocycles. The second-order valence-electron chi connectivity index (χ2n) is 4.55. The maximum Gasteiger partial charge on any atom is 0.242 e. The van der Waals surface area contributed by atoms with Crippen LogP contribution in [0.2, 0.25) is 0 Å². The van der Waals surface area contributed by atoms with E-state index in [1.54, 1.807) is 12.1 Å². The van der Waals surface area contributed by atoms with Gasteiger partial charge < -0.3 is 0 Å². The fraction of sp³-hybridized carbons (Fsp3) is 0.455. The van der Waals surface area contributed by atoms with Crippen LogP contribution in [0, 0.1) is 6.92 Å². The van der Waals surface area contributed by atoms with Gasteiger partial charge >= 0.3 is 0 Å². The van der Waals surface area contributed by atoms with Gasteiger partial charge in [-0.1, -0.05) is 31.9 Å². The first kappa shape index (κ1) is 15.0. The monoisotopic (exact) mass is 459 g/mol. The smallest absolute Gasteiger partial charge is 0.207 e. The van der Waals surface area contributed by atoms with E-state index in [1.807, 2.05) is 6.92 Å². The van der Waals surface area contributed by atoms with Gasteiger partial charge in [-0.3, -0.25) is 0 Å². The first-order valence-corrected chi connectivity index (χ1v) is 9.54. The summed E-state index contributed by atoms with van der Waals surface area (Å²) in [5, 5.41) is 0.643. The predicted molar refractivity (Wildman–Crippen MR) is 82.7 cm³/mol. The van der Waals surface area contributed by atoms with Crippen LogP contribution >= 0.6 is 47.8 Å². The summed E-state index contributed by atoms with van der Waals surface area (Å²) < 4.78 is 28.8. The molecule has 1 aliphatic rings. The molecule has 1 aromatic rings. The standard InChI is InChI=1S/C11H12Br3NO2S/c1-7-4-9(14)10(5-8(7)13)18(16,17)15-11(6-12)2-3-11/h4-5,15H,2-3,6H2,1H3. The molecule has 3 nitrogen and oxygen atoms in total. The summed E-state index contributed by atoms with van der Waals surface area (Å²) in [7, 11) is -3.49. The molecule has 1 aliphatic carbocycles. The van der Waals surface area contributed by atoms with Gasteiger partial charge in [-0.2, -0.15) is 0 Å². The molecular formula is C11H12Br3NO2S.